The second-order valence-corrected chi connectivity index (χ2v) is 2.99. The average molecular weight is 171 g/mol. The molecule has 0 aromatic heterocycles. The molecule has 0 saturated heterocycles. The first-order valence-corrected chi connectivity index (χ1v) is 4.14. The third kappa shape index (κ3) is 2.53. The third-order valence-electron chi connectivity index (χ3n) is 1.95. The highest BCUT2D eigenvalue weighted by atomic mass is 16.6. The molecule has 4 nitrogen and oxygen atoms in total. The van der Waals surface area contributed by atoms with Gasteiger partial charge in [0.05, 0.1) is 0 Å². The molecule has 0 amide bonds. The molecular formula is C8H13NO3. The predicted molar refractivity (Wildman–Crippen MR) is 44.1 cm³/mol. The second kappa shape index (κ2) is 4.09. The summed E-state index contributed by atoms with van der Waals surface area (Å²) in [6.07, 6.45) is 4.45. The van der Waals surface area contributed by atoms with E-state index in [-0.39, 0.29) is 11.8 Å². The molecule has 4 heteroatoms. The quantitative estimate of drug-likeness (QED) is 0.516. The normalized spacial score (nSPS) is 19.6. The summed E-state index contributed by atoms with van der Waals surface area (Å²) in [6, 6.07) is 0. The molecule has 0 heterocycles. The van der Waals surface area contributed by atoms with Gasteiger partial charge in [0.25, 0.3) is 0 Å². The molecule has 1 fully saturated rings. The summed E-state index contributed by atoms with van der Waals surface area (Å²) < 4.78 is 0. The van der Waals surface area contributed by atoms with Crippen LogP contribution in [0, 0.1) is 0 Å². The number of carboxylic acids is 1. The minimum absolute atomic E-state index is 0.0156. The highest BCUT2D eigenvalue weighted by Crippen LogP contribution is 2.20. The lowest BCUT2D eigenvalue weighted by Crippen LogP contribution is -2.11. The van der Waals surface area contributed by atoms with Crippen LogP contribution in [-0.2, 0) is 9.63 Å². The first kappa shape index (κ1) is 9.03. The van der Waals surface area contributed by atoms with E-state index in [1.165, 1.54) is 6.92 Å². The number of hydrogen-bond acceptors (Lipinski definition) is 3. The SMILES string of the molecule is CC(=NOC1CCCC1)C(=O)O. The van der Waals surface area contributed by atoms with Gasteiger partial charge >= 0.3 is 5.97 Å². The molecule has 0 aliphatic heterocycles. The van der Waals surface area contributed by atoms with Crippen LogP contribution >= 0.6 is 0 Å². The standard InChI is InChI=1S/C8H13NO3/c1-6(8(10)11)9-12-7-4-2-3-5-7/h7H,2-5H2,1H3,(H,10,11). The molecule has 0 unspecified atom stereocenters. The maximum atomic E-state index is 10.3. The molecule has 0 bridgehead atoms. The van der Waals surface area contributed by atoms with E-state index in [0.29, 0.717) is 0 Å². The van der Waals surface area contributed by atoms with Gasteiger partial charge in [-0.05, 0) is 32.6 Å². The summed E-state index contributed by atoms with van der Waals surface area (Å²) >= 11 is 0. The zero-order valence-electron chi connectivity index (χ0n) is 7.12. The number of carboxylic acid groups (broad SMARTS) is 1. The van der Waals surface area contributed by atoms with Crippen molar-refractivity contribution in [3.8, 4) is 0 Å². The van der Waals surface area contributed by atoms with Crippen LogP contribution in [0.3, 0.4) is 0 Å². The fourth-order valence-corrected chi connectivity index (χ4v) is 1.19. The Balaban J connectivity index is 2.31. The number of nitrogens with zero attached hydrogens (tertiary/aromatic N) is 1. The second-order valence-electron chi connectivity index (χ2n) is 2.99. The molecule has 0 radical (unpaired) electrons. The Labute approximate surface area is 71.2 Å². The molecule has 0 aromatic rings. The van der Waals surface area contributed by atoms with Crippen LogP contribution in [0.2, 0.25) is 0 Å². The van der Waals surface area contributed by atoms with Gasteiger partial charge in [0.15, 0.2) is 5.71 Å². The van der Waals surface area contributed by atoms with Crippen molar-refractivity contribution in [1.82, 2.24) is 0 Å². The van der Waals surface area contributed by atoms with Crippen molar-refractivity contribution in [2.24, 2.45) is 5.16 Å². The Morgan fingerprint density at radius 1 is 1.50 bits per heavy atom. The number of carbonyl (C=O) groups is 1. The number of rotatable bonds is 3. The van der Waals surface area contributed by atoms with Crippen LogP contribution < -0.4 is 0 Å². The summed E-state index contributed by atoms with van der Waals surface area (Å²) in [5.74, 6) is -1.02. The van der Waals surface area contributed by atoms with Crippen LogP contribution in [0.25, 0.3) is 0 Å². The van der Waals surface area contributed by atoms with Gasteiger partial charge in [0, 0.05) is 0 Å². The predicted octanol–water partition coefficient (Wildman–Crippen LogP) is 1.41. The van der Waals surface area contributed by atoms with Crippen LogP contribution in [-0.4, -0.2) is 22.9 Å². The van der Waals surface area contributed by atoms with Crippen LogP contribution in [0.15, 0.2) is 5.16 Å². The first-order valence-electron chi connectivity index (χ1n) is 4.14. The van der Waals surface area contributed by atoms with E-state index < -0.39 is 5.97 Å². The summed E-state index contributed by atoms with van der Waals surface area (Å²) in [7, 11) is 0. The van der Waals surface area contributed by atoms with Crippen molar-refractivity contribution < 1.29 is 14.7 Å². The summed E-state index contributed by atoms with van der Waals surface area (Å²) in [5.41, 5.74) is 0.0156. The van der Waals surface area contributed by atoms with E-state index in [1.807, 2.05) is 0 Å². The van der Waals surface area contributed by atoms with Crippen LogP contribution in [0.4, 0.5) is 0 Å². The zero-order valence-corrected chi connectivity index (χ0v) is 7.12. The highest BCUT2D eigenvalue weighted by molar-refractivity contribution is 6.34. The molecule has 1 saturated carbocycles. The lowest BCUT2D eigenvalue weighted by Gasteiger charge is -2.05. The molecule has 1 aliphatic carbocycles. The van der Waals surface area contributed by atoms with Crippen LogP contribution in [0.1, 0.15) is 32.6 Å². The van der Waals surface area contributed by atoms with Gasteiger partial charge in [-0.1, -0.05) is 5.16 Å². The number of aliphatic carboxylic acids is 1. The van der Waals surface area contributed by atoms with Crippen molar-refractivity contribution in [1.29, 1.82) is 0 Å². The van der Waals surface area contributed by atoms with E-state index in [0.717, 1.165) is 25.7 Å². The van der Waals surface area contributed by atoms with E-state index >= 15 is 0 Å². The zero-order chi connectivity index (χ0) is 8.97. The van der Waals surface area contributed by atoms with Gasteiger partial charge in [-0.15, -0.1) is 0 Å². The summed E-state index contributed by atoms with van der Waals surface area (Å²) in [6.45, 7) is 1.43. The molecule has 0 spiro atoms. The Hall–Kier alpha value is -1.06. The van der Waals surface area contributed by atoms with Gasteiger partial charge in [-0.25, -0.2) is 4.79 Å². The van der Waals surface area contributed by atoms with Crippen molar-refractivity contribution in [2.75, 3.05) is 0 Å². The minimum Gasteiger partial charge on any atom is -0.477 e. The molecule has 1 N–H and O–H groups in total. The van der Waals surface area contributed by atoms with Gasteiger partial charge in [0.1, 0.15) is 6.10 Å². The monoisotopic (exact) mass is 171 g/mol. The van der Waals surface area contributed by atoms with Crippen molar-refractivity contribution in [3.05, 3.63) is 0 Å². The summed E-state index contributed by atoms with van der Waals surface area (Å²) in [4.78, 5) is 15.3. The fraction of sp³-hybridized carbons (Fsp3) is 0.750. The summed E-state index contributed by atoms with van der Waals surface area (Å²) in [5, 5.41) is 12.0. The highest BCUT2D eigenvalue weighted by Gasteiger charge is 2.16. The number of oxime groups is 1. The number of hydrogen-bond donors (Lipinski definition) is 1. The van der Waals surface area contributed by atoms with E-state index in [1.54, 1.807) is 0 Å². The van der Waals surface area contributed by atoms with Gasteiger partial charge in [-0.3, -0.25) is 0 Å². The lowest BCUT2D eigenvalue weighted by atomic mass is 10.3. The topological polar surface area (TPSA) is 58.9 Å². The molecule has 0 atom stereocenters. The van der Waals surface area contributed by atoms with Crippen LogP contribution in [0.5, 0.6) is 0 Å². The van der Waals surface area contributed by atoms with E-state index in [4.69, 9.17) is 9.94 Å². The third-order valence-corrected chi connectivity index (χ3v) is 1.95. The Bertz CT molecular complexity index is 194. The maximum Gasteiger partial charge on any atom is 0.353 e. The van der Waals surface area contributed by atoms with Crippen molar-refractivity contribution in [3.63, 3.8) is 0 Å². The first-order chi connectivity index (χ1) is 5.70. The van der Waals surface area contributed by atoms with Crippen molar-refractivity contribution in [2.45, 2.75) is 38.7 Å². The Kier molecular flexibility index (Phi) is 3.08. The Morgan fingerprint density at radius 3 is 2.58 bits per heavy atom. The van der Waals surface area contributed by atoms with E-state index in [2.05, 4.69) is 5.16 Å². The van der Waals surface area contributed by atoms with Gasteiger partial charge in [0.2, 0.25) is 0 Å². The maximum absolute atomic E-state index is 10.3. The van der Waals surface area contributed by atoms with Gasteiger partial charge in [-0.2, -0.15) is 0 Å². The minimum atomic E-state index is -1.02. The Morgan fingerprint density at radius 2 is 2.08 bits per heavy atom. The average Bonchev–Trinajstić information content (AvgIpc) is 2.51. The molecule has 1 rings (SSSR count). The van der Waals surface area contributed by atoms with Crippen molar-refractivity contribution >= 4 is 11.7 Å². The molecule has 12 heavy (non-hydrogen) atoms. The molecular weight excluding hydrogens is 158 g/mol. The molecule has 68 valence electrons. The molecule has 1 aliphatic rings. The van der Waals surface area contributed by atoms with E-state index in [9.17, 15) is 4.79 Å². The lowest BCUT2D eigenvalue weighted by molar-refractivity contribution is -0.129. The van der Waals surface area contributed by atoms with Gasteiger partial charge < -0.3 is 9.94 Å². The fourth-order valence-electron chi connectivity index (χ4n) is 1.19. The largest absolute Gasteiger partial charge is 0.477 e. The molecule has 0 aromatic carbocycles. The smallest absolute Gasteiger partial charge is 0.353 e.